The van der Waals surface area contributed by atoms with E-state index in [-0.39, 0.29) is 6.61 Å². The molecule has 31 heavy (non-hydrogen) atoms. The van der Waals surface area contributed by atoms with Crippen molar-refractivity contribution in [3.05, 3.63) is 71.8 Å². The molecule has 0 aliphatic carbocycles. The lowest BCUT2D eigenvalue weighted by molar-refractivity contribution is 0.303. The minimum atomic E-state index is -3.74. The highest BCUT2D eigenvalue weighted by Gasteiger charge is 2.29. The number of unbranched alkanes of at least 4 members (excludes halogenated alkanes) is 11. The Morgan fingerprint density at radius 2 is 1.00 bits per heavy atom. The summed E-state index contributed by atoms with van der Waals surface area (Å²) in [5, 5.41) is -0.785. The zero-order valence-corrected chi connectivity index (χ0v) is 20.0. The maximum Gasteiger partial charge on any atom is 0.278 e. The van der Waals surface area contributed by atoms with E-state index in [9.17, 15) is 8.42 Å². The Hall–Kier alpha value is -1.65. The first-order chi connectivity index (χ1) is 15.1. The molecule has 172 valence electrons. The molecule has 0 atom stereocenters. The van der Waals surface area contributed by atoms with Gasteiger partial charge < -0.3 is 0 Å². The van der Waals surface area contributed by atoms with E-state index in [0.717, 1.165) is 30.4 Å². The standard InChI is InChI=1S/C27H40O3S/c1-2-3-4-5-6-7-8-9-10-11-12-19-24-30-31(28,29)27(25-20-15-13-16-21-25)26-22-17-14-18-23-26/h13-18,20-23,27H,2-12,19,24H2,1H3. The normalized spacial score (nSPS) is 11.8. The molecule has 0 aliphatic rings. The summed E-state index contributed by atoms with van der Waals surface area (Å²) in [6, 6.07) is 18.7. The van der Waals surface area contributed by atoms with Gasteiger partial charge in [-0.2, -0.15) is 8.42 Å². The van der Waals surface area contributed by atoms with Gasteiger partial charge in [-0.1, -0.05) is 138 Å². The van der Waals surface area contributed by atoms with Gasteiger partial charge in [-0.25, -0.2) is 0 Å². The van der Waals surface area contributed by atoms with E-state index in [1.54, 1.807) is 0 Å². The summed E-state index contributed by atoms with van der Waals surface area (Å²) >= 11 is 0. The summed E-state index contributed by atoms with van der Waals surface area (Å²) < 4.78 is 31.5. The Labute approximate surface area is 190 Å². The molecule has 0 spiro atoms. The molecule has 2 aromatic carbocycles. The van der Waals surface area contributed by atoms with Crippen LogP contribution >= 0.6 is 0 Å². The van der Waals surface area contributed by atoms with Crippen LogP contribution < -0.4 is 0 Å². The lowest BCUT2D eigenvalue weighted by Gasteiger charge is -2.18. The van der Waals surface area contributed by atoms with Gasteiger partial charge in [0.15, 0.2) is 0 Å². The summed E-state index contributed by atoms with van der Waals surface area (Å²) in [7, 11) is -3.74. The van der Waals surface area contributed by atoms with Crippen LogP contribution in [0.2, 0.25) is 0 Å². The van der Waals surface area contributed by atoms with E-state index in [0.29, 0.717) is 0 Å². The van der Waals surface area contributed by atoms with Crippen LogP contribution in [-0.4, -0.2) is 15.0 Å². The molecular weight excluding hydrogens is 404 g/mol. The van der Waals surface area contributed by atoms with E-state index in [4.69, 9.17) is 4.18 Å². The highest BCUT2D eigenvalue weighted by Crippen LogP contribution is 2.31. The SMILES string of the molecule is CCCCCCCCCCCCCCOS(=O)(=O)C(c1ccccc1)c1ccccc1. The molecule has 3 nitrogen and oxygen atoms in total. The Bertz CT molecular complexity index is 748. The largest absolute Gasteiger partial charge is 0.278 e. The number of rotatable bonds is 17. The van der Waals surface area contributed by atoms with Crippen LogP contribution in [0.3, 0.4) is 0 Å². The molecule has 0 amide bonds. The first-order valence-electron chi connectivity index (χ1n) is 12.1. The second-order valence-electron chi connectivity index (χ2n) is 8.41. The Balaban J connectivity index is 1.68. The molecule has 0 saturated heterocycles. The van der Waals surface area contributed by atoms with Crippen molar-refractivity contribution in [2.45, 2.75) is 89.2 Å². The highest BCUT2D eigenvalue weighted by molar-refractivity contribution is 7.87. The first-order valence-corrected chi connectivity index (χ1v) is 13.6. The molecule has 2 rings (SSSR count). The lowest BCUT2D eigenvalue weighted by Crippen LogP contribution is -2.18. The fourth-order valence-corrected chi connectivity index (χ4v) is 5.43. The second-order valence-corrected chi connectivity index (χ2v) is 10.1. The molecular formula is C27H40O3S. The van der Waals surface area contributed by atoms with E-state index in [2.05, 4.69) is 6.92 Å². The van der Waals surface area contributed by atoms with Crippen molar-refractivity contribution in [2.75, 3.05) is 6.61 Å². The van der Waals surface area contributed by atoms with Gasteiger partial charge in [0.25, 0.3) is 10.1 Å². The maximum atomic E-state index is 13.0. The highest BCUT2D eigenvalue weighted by atomic mass is 32.2. The maximum absolute atomic E-state index is 13.0. The molecule has 0 aromatic heterocycles. The van der Waals surface area contributed by atoms with Crippen LogP contribution in [0.4, 0.5) is 0 Å². The summed E-state index contributed by atoms with van der Waals surface area (Å²) in [6.07, 6.45) is 15.0. The molecule has 0 N–H and O–H groups in total. The fraction of sp³-hybridized carbons (Fsp3) is 0.556. The first kappa shape index (κ1) is 25.6. The third-order valence-electron chi connectivity index (χ3n) is 5.74. The van der Waals surface area contributed by atoms with Crippen molar-refractivity contribution >= 4 is 10.1 Å². The van der Waals surface area contributed by atoms with E-state index < -0.39 is 15.4 Å². The minimum absolute atomic E-state index is 0.260. The number of hydrogen-bond acceptors (Lipinski definition) is 3. The van der Waals surface area contributed by atoms with Crippen molar-refractivity contribution in [1.82, 2.24) is 0 Å². The second kappa shape index (κ2) is 15.2. The van der Waals surface area contributed by atoms with E-state index in [1.165, 1.54) is 57.8 Å². The monoisotopic (exact) mass is 444 g/mol. The van der Waals surface area contributed by atoms with E-state index in [1.807, 2.05) is 60.7 Å². The fourth-order valence-electron chi connectivity index (χ4n) is 3.97. The van der Waals surface area contributed by atoms with Crippen LogP contribution in [0.15, 0.2) is 60.7 Å². The van der Waals surface area contributed by atoms with Crippen molar-refractivity contribution in [1.29, 1.82) is 0 Å². The quantitative estimate of drug-likeness (QED) is 0.184. The molecule has 0 aliphatic heterocycles. The third kappa shape index (κ3) is 10.0. The van der Waals surface area contributed by atoms with Crippen molar-refractivity contribution < 1.29 is 12.6 Å². The Morgan fingerprint density at radius 3 is 1.42 bits per heavy atom. The van der Waals surface area contributed by atoms with Gasteiger partial charge in [-0.15, -0.1) is 0 Å². The average Bonchev–Trinajstić information content (AvgIpc) is 2.78. The lowest BCUT2D eigenvalue weighted by atomic mass is 10.0. The topological polar surface area (TPSA) is 43.4 Å². The third-order valence-corrected chi connectivity index (χ3v) is 7.36. The molecule has 0 radical (unpaired) electrons. The predicted molar refractivity (Wildman–Crippen MR) is 131 cm³/mol. The molecule has 0 heterocycles. The smallest absolute Gasteiger partial charge is 0.269 e. The van der Waals surface area contributed by atoms with Crippen LogP contribution in [0.5, 0.6) is 0 Å². The van der Waals surface area contributed by atoms with Crippen molar-refractivity contribution in [2.24, 2.45) is 0 Å². The number of hydrogen-bond donors (Lipinski definition) is 0. The van der Waals surface area contributed by atoms with Gasteiger partial charge in [-0.3, -0.25) is 4.18 Å². The van der Waals surface area contributed by atoms with Crippen molar-refractivity contribution in [3.63, 3.8) is 0 Å². The summed E-state index contributed by atoms with van der Waals surface area (Å²) in [6.45, 7) is 2.52. The van der Waals surface area contributed by atoms with Gasteiger partial charge in [0.1, 0.15) is 5.25 Å². The minimum Gasteiger partial charge on any atom is -0.269 e. The average molecular weight is 445 g/mol. The van der Waals surface area contributed by atoms with Gasteiger partial charge in [0, 0.05) is 0 Å². The van der Waals surface area contributed by atoms with Crippen LogP contribution in [0.1, 0.15) is 100 Å². The molecule has 0 saturated carbocycles. The molecule has 2 aromatic rings. The summed E-state index contributed by atoms with van der Waals surface area (Å²) in [5.41, 5.74) is 1.48. The van der Waals surface area contributed by atoms with Gasteiger partial charge in [0.2, 0.25) is 0 Å². The van der Waals surface area contributed by atoms with Crippen LogP contribution in [-0.2, 0) is 14.3 Å². The van der Waals surface area contributed by atoms with Crippen LogP contribution in [0.25, 0.3) is 0 Å². The summed E-state index contributed by atoms with van der Waals surface area (Å²) in [5.74, 6) is 0. The van der Waals surface area contributed by atoms with Gasteiger partial charge in [0.05, 0.1) is 6.61 Å². The van der Waals surface area contributed by atoms with Crippen LogP contribution in [0, 0.1) is 0 Å². The van der Waals surface area contributed by atoms with Crippen molar-refractivity contribution in [3.8, 4) is 0 Å². The zero-order chi connectivity index (χ0) is 22.2. The molecule has 0 bridgehead atoms. The number of benzene rings is 2. The Kier molecular flexibility index (Phi) is 12.6. The van der Waals surface area contributed by atoms with Gasteiger partial charge in [-0.05, 0) is 17.5 Å². The predicted octanol–water partition coefficient (Wildman–Crippen LogP) is 7.82. The zero-order valence-electron chi connectivity index (χ0n) is 19.2. The molecule has 4 heteroatoms. The molecule has 0 fully saturated rings. The molecule has 0 unspecified atom stereocenters. The summed E-state index contributed by atoms with van der Waals surface area (Å²) in [4.78, 5) is 0. The Morgan fingerprint density at radius 1 is 0.613 bits per heavy atom. The van der Waals surface area contributed by atoms with Gasteiger partial charge >= 0.3 is 0 Å². The van der Waals surface area contributed by atoms with E-state index >= 15 is 0 Å².